The fraction of sp³-hybridized carbons (Fsp3) is 0.857. The Bertz CT molecular complexity index is 159. The number of hydrogen-bond donors (Lipinski definition) is 0. The Kier molecular flexibility index (Phi) is 5.30. The first-order valence-corrected chi connectivity index (χ1v) is 4.74. The molecule has 0 bridgehead atoms. The van der Waals surface area contributed by atoms with Crippen LogP contribution in [0.2, 0.25) is 0 Å². The van der Waals surface area contributed by atoms with Gasteiger partial charge in [-0.1, -0.05) is 36.5 Å². The summed E-state index contributed by atoms with van der Waals surface area (Å²) in [7, 11) is 1.24. The normalized spacial score (nSPS) is 14.1. The van der Waals surface area contributed by atoms with E-state index in [0.717, 1.165) is 6.42 Å². The lowest BCUT2D eigenvalue weighted by atomic mass is 10.2. The van der Waals surface area contributed by atoms with Gasteiger partial charge in [-0.15, -0.1) is 11.6 Å². The van der Waals surface area contributed by atoms with Crippen molar-refractivity contribution in [3.8, 4) is 0 Å². The van der Waals surface area contributed by atoms with E-state index in [0.29, 0.717) is 6.42 Å². The summed E-state index contributed by atoms with van der Waals surface area (Å²) in [5, 5.41) is -1.01. The smallest absolute Gasteiger partial charge is 0.326 e. The number of carbonyl (C=O) groups is 1. The van der Waals surface area contributed by atoms with E-state index in [9.17, 15) is 4.79 Å². The largest absolute Gasteiger partial charge is 0.468 e. The van der Waals surface area contributed by atoms with Gasteiger partial charge < -0.3 is 4.74 Å². The fourth-order valence-corrected chi connectivity index (χ4v) is 1.49. The van der Waals surface area contributed by atoms with Crippen molar-refractivity contribution >= 4 is 40.8 Å². The number of ether oxygens (including phenoxy) is 1. The minimum absolute atomic E-state index is 0.458. The molecule has 0 aliphatic heterocycles. The van der Waals surface area contributed by atoms with Crippen LogP contribution in [-0.4, -0.2) is 22.8 Å². The second-order valence-corrected chi connectivity index (χ2v) is 4.38. The van der Waals surface area contributed by atoms with Crippen LogP contribution in [0, 0.1) is 0 Å². The van der Waals surface area contributed by atoms with E-state index in [-0.39, 0.29) is 0 Å². The SMILES string of the molecule is CCCC(Cl)(Cl)C(Cl)C(=O)OC. The van der Waals surface area contributed by atoms with Gasteiger partial charge in [0.25, 0.3) is 0 Å². The Labute approximate surface area is 87.1 Å². The van der Waals surface area contributed by atoms with Crippen molar-refractivity contribution < 1.29 is 9.53 Å². The summed E-state index contributed by atoms with van der Waals surface area (Å²) in [4.78, 5) is 10.9. The van der Waals surface area contributed by atoms with E-state index in [1.54, 1.807) is 0 Å². The zero-order valence-corrected chi connectivity index (χ0v) is 9.21. The lowest BCUT2D eigenvalue weighted by molar-refractivity contribution is -0.140. The van der Waals surface area contributed by atoms with Gasteiger partial charge in [-0.3, -0.25) is 4.79 Å². The van der Waals surface area contributed by atoms with Gasteiger partial charge in [0.1, 0.15) is 4.33 Å². The summed E-state index contributed by atoms with van der Waals surface area (Å²) < 4.78 is 3.17. The quantitative estimate of drug-likeness (QED) is 0.551. The van der Waals surface area contributed by atoms with Crippen molar-refractivity contribution in [1.82, 2.24) is 0 Å². The van der Waals surface area contributed by atoms with Crippen molar-refractivity contribution in [2.75, 3.05) is 7.11 Å². The topological polar surface area (TPSA) is 26.3 Å². The Morgan fingerprint density at radius 2 is 2.08 bits per heavy atom. The van der Waals surface area contributed by atoms with Crippen LogP contribution >= 0.6 is 34.8 Å². The molecule has 0 radical (unpaired) electrons. The molecular weight excluding hydrogens is 222 g/mol. The highest BCUT2D eigenvalue weighted by atomic mass is 35.5. The van der Waals surface area contributed by atoms with Gasteiger partial charge in [-0.25, -0.2) is 0 Å². The van der Waals surface area contributed by atoms with E-state index in [4.69, 9.17) is 34.8 Å². The molecule has 0 saturated heterocycles. The van der Waals surface area contributed by atoms with Gasteiger partial charge in [-0.05, 0) is 6.42 Å². The Hall–Kier alpha value is 0.340. The van der Waals surface area contributed by atoms with Crippen molar-refractivity contribution in [2.24, 2.45) is 0 Å². The minimum atomic E-state index is -1.23. The van der Waals surface area contributed by atoms with Gasteiger partial charge in [0.05, 0.1) is 7.11 Å². The summed E-state index contributed by atoms with van der Waals surface area (Å²) >= 11 is 17.2. The van der Waals surface area contributed by atoms with Crippen molar-refractivity contribution in [1.29, 1.82) is 0 Å². The summed E-state index contributed by atoms with van der Waals surface area (Å²) in [6.45, 7) is 1.90. The van der Waals surface area contributed by atoms with Gasteiger partial charge in [0.2, 0.25) is 0 Å². The predicted molar refractivity (Wildman–Crippen MR) is 51.0 cm³/mol. The molecule has 0 aliphatic rings. The molecule has 0 spiro atoms. The van der Waals surface area contributed by atoms with E-state index in [2.05, 4.69) is 4.74 Å². The second-order valence-electron chi connectivity index (χ2n) is 2.40. The number of carbonyl (C=O) groups excluding carboxylic acids is 1. The molecule has 0 saturated carbocycles. The highest BCUT2D eigenvalue weighted by Crippen LogP contribution is 2.34. The third kappa shape index (κ3) is 3.38. The van der Waals surface area contributed by atoms with Gasteiger partial charge in [-0.2, -0.15) is 0 Å². The van der Waals surface area contributed by atoms with Crippen LogP contribution in [0.15, 0.2) is 0 Å². The Morgan fingerprint density at radius 3 is 2.42 bits per heavy atom. The third-order valence-electron chi connectivity index (χ3n) is 1.36. The fourth-order valence-electron chi connectivity index (χ4n) is 0.736. The predicted octanol–water partition coefficient (Wildman–Crippen LogP) is 2.74. The first kappa shape index (κ1) is 12.3. The average molecular weight is 234 g/mol. The van der Waals surface area contributed by atoms with Gasteiger partial charge in [0, 0.05) is 0 Å². The molecule has 0 fully saturated rings. The summed E-state index contributed by atoms with van der Waals surface area (Å²) in [6.07, 6.45) is 1.21. The van der Waals surface area contributed by atoms with Crippen molar-refractivity contribution in [2.45, 2.75) is 29.5 Å². The first-order valence-electron chi connectivity index (χ1n) is 3.55. The maximum atomic E-state index is 10.9. The summed E-state index contributed by atoms with van der Waals surface area (Å²) in [5.74, 6) is -0.602. The molecule has 0 N–H and O–H groups in total. The van der Waals surface area contributed by atoms with Crippen LogP contribution in [-0.2, 0) is 9.53 Å². The number of esters is 1. The van der Waals surface area contributed by atoms with Crippen LogP contribution < -0.4 is 0 Å². The number of methoxy groups -OCH3 is 1. The highest BCUT2D eigenvalue weighted by molar-refractivity contribution is 6.54. The van der Waals surface area contributed by atoms with Gasteiger partial charge >= 0.3 is 5.97 Å². The van der Waals surface area contributed by atoms with Crippen molar-refractivity contribution in [3.63, 3.8) is 0 Å². The van der Waals surface area contributed by atoms with E-state index in [1.807, 2.05) is 6.92 Å². The summed E-state index contributed by atoms with van der Waals surface area (Å²) in [6, 6.07) is 0. The van der Waals surface area contributed by atoms with Crippen LogP contribution in [0.25, 0.3) is 0 Å². The molecule has 0 aromatic carbocycles. The molecule has 0 aromatic rings. The molecular formula is C7H11Cl3O2. The molecule has 0 amide bonds. The molecule has 5 heteroatoms. The molecule has 0 aromatic heterocycles. The van der Waals surface area contributed by atoms with Gasteiger partial charge in [0.15, 0.2) is 5.38 Å². The van der Waals surface area contributed by atoms with Crippen molar-refractivity contribution in [3.05, 3.63) is 0 Å². The first-order chi connectivity index (χ1) is 5.45. The Balaban J connectivity index is 4.23. The molecule has 1 atom stereocenters. The maximum Gasteiger partial charge on any atom is 0.326 e. The van der Waals surface area contributed by atoms with Crippen LogP contribution in [0.5, 0.6) is 0 Å². The van der Waals surface area contributed by atoms with E-state index in [1.165, 1.54) is 7.11 Å². The highest BCUT2D eigenvalue weighted by Gasteiger charge is 2.38. The van der Waals surface area contributed by atoms with E-state index >= 15 is 0 Å². The number of alkyl halides is 3. The monoisotopic (exact) mass is 232 g/mol. The standard InChI is InChI=1S/C7H11Cl3O2/c1-3-4-7(9,10)5(8)6(11)12-2/h5H,3-4H2,1-2H3. The average Bonchev–Trinajstić information content (AvgIpc) is 2.01. The Morgan fingerprint density at radius 1 is 1.58 bits per heavy atom. The molecule has 2 nitrogen and oxygen atoms in total. The zero-order chi connectivity index (χ0) is 9.78. The number of halogens is 3. The molecule has 0 rings (SSSR count). The molecule has 72 valence electrons. The number of rotatable bonds is 4. The molecule has 12 heavy (non-hydrogen) atoms. The van der Waals surface area contributed by atoms with Crippen LogP contribution in [0.3, 0.4) is 0 Å². The van der Waals surface area contributed by atoms with Crippen LogP contribution in [0.1, 0.15) is 19.8 Å². The van der Waals surface area contributed by atoms with E-state index < -0.39 is 15.7 Å². The lowest BCUT2D eigenvalue weighted by Crippen LogP contribution is -2.34. The molecule has 1 unspecified atom stereocenters. The maximum absolute atomic E-state index is 10.9. The lowest BCUT2D eigenvalue weighted by Gasteiger charge is -2.22. The zero-order valence-electron chi connectivity index (χ0n) is 6.94. The number of hydrogen-bond acceptors (Lipinski definition) is 2. The minimum Gasteiger partial charge on any atom is -0.468 e. The molecule has 0 aliphatic carbocycles. The van der Waals surface area contributed by atoms with Crippen LogP contribution in [0.4, 0.5) is 0 Å². The summed E-state index contributed by atoms with van der Waals surface area (Å²) in [5.41, 5.74) is 0. The third-order valence-corrected chi connectivity index (χ3v) is 2.95. The second kappa shape index (κ2) is 5.15. The molecule has 0 heterocycles.